The second-order valence-electron chi connectivity index (χ2n) is 8.35. The molecule has 1 aromatic carbocycles. The highest BCUT2D eigenvalue weighted by Gasteiger charge is 2.25. The summed E-state index contributed by atoms with van der Waals surface area (Å²) in [5.74, 6) is 1.06. The lowest BCUT2D eigenvalue weighted by Crippen LogP contribution is -2.49. The van der Waals surface area contributed by atoms with Crippen molar-refractivity contribution in [1.82, 2.24) is 15.2 Å². The molecule has 0 radical (unpaired) electrons. The fraction of sp³-hybridized carbons (Fsp3) is 0.455. The zero-order chi connectivity index (χ0) is 20.1. The van der Waals surface area contributed by atoms with E-state index in [4.69, 9.17) is 4.98 Å². The van der Waals surface area contributed by atoms with Gasteiger partial charge in [-0.25, -0.2) is 4.98 Å². The third kappa shape index (κ3) is 3.22. The summed E-state index contributed by atoms with van der Waals surface area (Å²) >= 11 is 1.55. The number of rotatable bonds is 2. The zero-order valence-electron chi connectivity index (χ0n) is 17.2. The Hall–Kier alpha value is -2.38. The summed E-state index contributed by atoms with van der Waals surface area (Å²) in [6, 6.07) is 9.20. The lowest BCUT2D eigenvalue weighted by Gasteiger charge is -2.37. The van der Waals surface area contributed by atoms with Crippen LogP contribution in [-0.2, 0) is 0 Å². The number of hydrogen-bond donors (Lipinski definition) is 2. The fourth-order valence-electron chi connectivity index (χ4n) is 4.36. The average Bonchev–Trinajstić information content (AvgIpc) is 3.04. The number of benzene rings is 1. The molecule has 1 amide bonds. The van der Waals surface area contributed by atoms with E-state index in [9.17, 15) is 4.79 Å². The molecule has 1 fully saturated rings. The lowest BCUT2D eigenvalue weighted by atomic mass is 10.1. The van der Waals surface area contributed by atoms with Gasteiger partial charge in [0.1, 0.15) is 10.7 Å². The Labute approximate surface area is 174 Å². The van der Waals surface area contributed by atoms with E-state index in [0.29, 0.717) is 6.04 Å². The van der Waals surface area contributed by atoms with Crippen molar-refractivity contribution in [2.75, 3.05) is 42.9 Å². The molecule has 2 N–H and O–H groups in total. The van der Waals surface area contributed by atoms with E-state index in [2.05, 4.69) is 58.5 Å². The van der Waals surface area contributed by atoms with Crippen molar-refractivity contribution >= 4 is 49.7 Å². The van der Waals surface area contributed by atoms with Gasteiger partial charge in [-0.05, 0) is 45.0 Å². The summed E-state index contributed by atoms with van der Waals surface area (Å²) < 4.78 is 1.12. The molecule has 29 heavy (non-hydrogen) atoms. The SMILES string of the molecule is CC(C)N1CCN(c2ccc3c(ccc4sc5c(c43)NC[C@@H](C)NC5=O)n2)CC1. The van der Waals surface area contributed by atoms with Crippen molar-refractivity contribution in [3.05, 3.63) is 29.1 Å². The molecular formula is C22H27N5OS. The summed E-state index contributed by atoms with van der Waals surface area (Å²) in [7, 11) is 0. The van der Waals surface area contributed by atoms with E-state index in [0.717, 1.165) is 70.1 Å². The molecule has 4 heterocycles. The first kappa shape index (κ1) is 18.6. The Kier molecular flexibility index (Phi) is 4.59. The zero-order valence-corrected chi connectivity index (χ0v) is 18.0. The van der Waals surface area contributed by atoms with Gasteiger partial charge in [-0.1, -0.05) is 0 Å². The standard InChI is InChI=1S/C22H27N5OS/c1-13(2)26-8-10-27(11-9-26)18-7-4-15-16(25-18)5-6-17-19(15)20-21(29-17)22(28)24-14(3)12-23-20/h4-7,13-14,23H,8-12H2,1-3H3,(H,24,28)/t14-/m1/s1. The number of pyridine rings is 1. The van der Waals surface area contributed by atoms with Crippen LogP contribution in [0.5, 0.6) is 0 Å². The van der Waals surface area contributed by atoms with Gasteiger partial charge in [-0.2, -0.15) is 0 Å². The smallest absolute Gasteiger partial charge is 0.263 e. The molecule has 0 spiro atoms. The molecule has 7 heteroatoms. The monoisotopic (exact) mass is 409 g/mol. The van der Waals surface area contributed by atoms with Crippen LogP contribution in [-0.4, -0.2) is 60.6 Å². The van der Waals surface area contributed by atoms with Gasteiger partial charge >= 0.3 is 0 Å². The number of thiophene rings is 1. The maximum Gasteiger partial charge on any atom is 0.263 e. The van der Waals surface area contributed by atoms with Gasteiger partial charge in [0.05, 0.1) is 11.2 Å². The molecule has 0 unspecified atom stereocenters. The highest BCUT2D eigenvalue weighted by molar-refractivity contribution is 7.21. The third-order valence-corrected chi connectivity index (χ3v) is 7.20. The summed E-state index contributed by atoms with van der Waals surface area (Å²) in [6.45, 7) is 11.4. The summed E-state index contributed by atoms with van der Waals surface area (Å²) in [6.07, 6.45) is 0. The Balaban J connectivity index is 1.53. The van der Waals surface area contributed by atoms with Gasteiger partial charge < -0.3 is 15.5 Å². The van der Waals surface area contributed by atoms with Crippen molar-refractivity contribution in [2.24, 2.45) is 0 Å². The predicted molar refractivity (Wildman–Crippen MR) is 121 cm³/mol. The topological polar surface area (TPSA) is 60.5 Å². The maximum atomic E-state index is 12.6. The molecule has 0 bridgehead atoms. The van der Waals surface area contributed by atoms with Gasteiger partial charge in [-0.3, -0.25) is 9.69 Å². The van der Waals surface area contributed by atoms with Crippen molar-refractivity contribution in [3.63, 3.8) is 0 Å². The number of aromatic nitrogens is 1. The average molecular weight is 410 g/mol. The summed E-state index contributed by atoms with van der Waals surface area (Å²) in [5.41, 5.74) is 1.94. The van der Waals surface area contributed by atoms with Crippen molar-refractivity contribution in [3.8, 4) is 0 Å². The van der Waals surface area contributed by atoms with E-state index < -0.39 is 0 Å². The van der Waals surface area contributed by atoms with E-state index in [1.54, 1.807) is 11.3 Å². The molecule has 5 rings (SSSR count). The molecule has 0 aliphatic carbocycles. The number of nitrogens with zero attached hydrogens (tertiary/aromatic N) is 3. The van der Waals surface area contributed by atoms with Gasteiger partial charge in [0.25, 0.3) is 5.91 Å². The molecule has 1 atom stereocenters. The fourth-order valence-corrected chi connectivity index (χ4v) is 5.46. The molecule has 2 aliphatic heterocycles. The Morgan fingerprint density at radius 1 is 1.14 bits per heavy atom. The number of amides is 1. The molecule has 152 valence electrons. The molecule has 2 aromatic heterocycles. The van der Waals surface area contributed by atoms with Crippen LogP contribution in [0.15, 0.2) is 24.3 Å². The van der Waals surface area contributed by atoms with Crippen LogP contribution in [0.3, 0.4) is 0 Å². The van der Waals surface area contributed by atoms with Gasteiger partial charge in [0.15, 0.2) is 0 Å². The van der Waals surface area contributed by atoms with E-state index in [1.807, 2.05) is 6.92 Å². The maximum absolute atomic E-state index is 12.6. The van der Waals surface area contributed by atoms with E-state index in [-0.39, 0.29) is 11.9 Å². The molecule has 1 saturated heterocycles. The number of hydrogen-bond acceptors (Lipinski definition) is 6. The van der Waals surface area contributed by atoms with Gasteiger partial charge in [-0.15, -0.1) is 11.3 Å². The number of anilines is 2. The number of nitrogens with one attached hydrogen (secondary N) is 2. The minimum atomic E-state index is 0.0134. The Morgan fingerprint density at radius 3 is 2.69 bits per heavy atom. The van der Waals surface area contributed by atoms with Crippen LogP contribution in [0.1, 0.15) is 30.4 Å². The minimum absolute atomic E-state index is 0.0134. The third-order valence-electron chi connectivity index (χ3n) is 6.04. The number of carbonyl (C=O) groups excluding carboxylic acids is 1. The molecule has 0 saturated carbocycles. The van der Waals surface area contributed by atoms with Crippen LogP contribution < -0.4 is 15.5 Å². The lowest BCUT2D eigenvalue weighted by molar-refractivity contribution is 0.0949. The first-order valence-corrected chi connectivity index (χ1v) is 11.2. The quantitative estimate of drug-likeness (QED) is 0.678. The number of carbonyl (C=O) groups is 1. The molecular weight excluding hydrogens is 382 g/mol. The van der Waals surface area contributed by atoms with Crippen LogP contribution in [0.2, 0.25) is 0 Å². The van der Waals surface area contributed by atoms with Crippen molar-refractivity contribution in [2.45, 2.75) is 32.9 Å². The van der Waals surface area contributed by atoms with Crippen LogP contribution in [0.4, 0.5) is 11.5 Å². The highest BCUT2D eigenvalue weighted by atomic mass is 32.1. The normalized spacial score (nSPS) is 20.6. The molecule has 3 aromatic rings. The van der Waals surface area contributed by atoms with E-state index in [1.165, 1.54) is 0 Å². The second-order valence-corrected chi connectivity index (χ2v) is 9.41. The largest absolute Gasteiger partial charge is 0.381 e. The Bertz CT molecular complexity index is 1080. The van der Waals surface area contributed by atoms with Crippen molar-refractivity contribution in [1.29, 1.82) is 0 Å². The van der Waals surface area contributed by atoms with Crippen molar-refractivity contribution < 1.29 is 4.79 Å². The number of fused-ring (bicyclic) bond motifs is 5. The first-order chi connectivity index (χ1) is 14.0. The first-order valence-electron chi connectivity index (χ1n) is 10.4. The van der Waals surface area contributed by atoms with Crippen LogP contribution in [0.25, 0.3) is 21.0 Å². The summed E-state index contributed by atoms with van der Waals surface area (Å²) in [4.78, 5) is 23.2. The van der Waals surface area contributed by atoms with Crippen LogP contribution >= 0.6 is 11.3 Å². The highest BCUT2D eigenvalue weighted by Crippen LogP contribution is 2.41. The van der Waals surface area contributed by atoms with Crippen LogP contribution in [0, 0.1) is 0 Å². The Morgan fingerprint density at radius 2 is 1.93 bits per heavy atom. The predicted octanol–water partition coefficient (Wildman–Crippen LogP) is 3.52. The minimum Gasteiger partial charge on any atom is -0.381 e. The van der Waals surface area contributed by atoms with E-state index >= 15 is 0 Å². The summed E-state index contributed by atoms with van der Waals surface area (Å²) in [5, 5.41) is 8.78. The van der Waals surface area contributed by atoms with Gasteiger partial charge in [0, 0.05) is 60.3 Å². The molecule has 2 aliphatic rings. The molecule has 6 nitrogen and oxygen atoms in total. The van der Waals surface area contributed by atoms with Gasteiger partial charge in [0.2, 0.25) is 0 Å². The second kappa shape index (κ2) is 7.15. The number of piperazine rings is 1.